The van der Waals surface area contributed by atoms with Crippen LogP contribution in [0.4, 0.5) is 5.69 Å². The molecule has 1 aromatic rings. The number of hydrogen-bond donors (Lipinski definition) is 3. The molecule has 3 rings (SSSR count). The molecule has 102 valence electrons. The van der Waals surface area contributed by atoms with E-state index in [-0.39, 0.29) is 11.9 Å². The molecular formula is C15H21N3O. The SMILES string of the molecule is NC1CCC(NC(=O)C2Cc3ccccc3N2)CC1. The fourth-order valence-electron chi connectivity index (χ4n) is 3.02. The van der Waals surface area contributed by atoms with E-state index in [1.807, 2.05) is 18.2 Å². The van der Waals surface area contributed by atoms with E-state index in [9.17, 15) is 4.79 Å². The van der Waals surface area contributed by atoms with Crippen molar-refractivity contribution in [3.63, 3.8) is 0 Å². The summed E-state index contributed by atoms with van der Waals surface area (Å²) in [6, 6.07) is 8.63. The zero-order valence-corrected chi connectivity index (χ0v) is 11.1. The van der Waals surface area contributed by atoms with E-state index in [1.54, 1.807) is 0 Å². The lowest BCUT2D eigenvalue weighted by atomic mass is 9.91. The van der Waals surface area contributed by atoms with Crippen LogP contribution in [0.5, 0.6) is 0 Å². The summed E-state index contributed by atoms with van der Waals surface area (Å²) in [7, 11) is 0. The molecule has 0 spiro atoms. The molecule has 1 aliphatic heterocycles. The van der Waals surface area contributed by atoms with Gasteiger partial charge in [-0.25, -0.2) is 0 Å². The Balaban J connectivity index is 1.55. The molecule has 1 amide bonds. The topological polar surface area (TPSA) is 67.1 Å². The number of rotatable bonds is 2. The molecule has 0 bridgehead atoms. The minimum Gasteiger partial charge on any atom is -0.373 e. The molecule has 1 unspecified atom stereocenters. The molecule has 1 aliphatic carbocycles. The minimum atomic E-state index is -0.118. The summed E-state index contributed by atoms with van der Waals surface area (Å²) in [5, 5.41) is 6.46. The summed E-state index contributed by atoms with van der Waals surface area (Å²) in [5.41, 5.74) is 8.20. The zero-order valence-electron chi connectivity index (χ0n) is 11.1. The molecule has 0 radical (unpaired) electrons. The van der Waals surface area contributed by atoms with Crippen molar-refractivity contribution in [1.29, 1.82) is 0 Å². The highest BCUT2D eigenvalue weighted by Gasteiger charge is 2.28. The van der Waals surface area contributed by atoms with E-state index in [2.05, 4.69) is 16.7 Å². The van der Waals surface area contributed by atoms with Gasteiger partial charge in [0.2, 0.25) is 5.91 Å². The zero-order chi connectivity index (χ0) is 13.2. The highest BCUT2D eigenvalue weighted by atomic mass is 16.2. The number of benzene rings is 1. The van der Waals surface area contributed by atoms with Gasteiger partial charge in [-0.15, -0.1) is 0 Å². The predicted octanol–water partition coefficient (Wildman–Crippen LogP) is 1.41. The Hall–Kier alpha value is -1.55. The van der Waals surface area contributed by atoms with Gasteiger partial charge in [0.1, 0.15) is 6.04 Å². The first-order chi connectivity index (χ1) is 9.22. The quantitative estimate of drug-likeness (QED) is 0.752. The predicted molar refractivity (Wildman–Crippen MR) is 75.9 cm³/mol. The van der Waals surface area contributed by atoms with E-state index >= 15 is 0 Å². The number of para-hydroxylation sites is 1. The van der Waals surface area contributed by atoms with Crippen molar-refractivity contribution >= 4 is 11.6 Å². The molecule has 1 fully saturated rings. The molecule has 1 heterocycles. The van der Waals surface area contributed by atoms with Crippen LogP contribution in [-0.2, 0) is 11.2 Å². The normalized spacial score (nSPS) is 29.4. The van der Waals surface area contributed by atoms with Crippen molar-refractivity contribution in [2.75, 3.05) is 5.32 Å². The fraction of sp³-hybridized carbons (Fsp3) is 0.533. The third-order valence-electron chi connectivity index (χ3n) is 4.21. The first kappa shape index (κ1) is 12.5. The smallest absolute Gasteiger partial charge is 0.243 e. The summed E-state index contributed by atoms with van der Waals surface area (Å²) >= 11 is 0. The average molecular weight is 259 g/mol. The van der Waals surface area contributed by atoms with Gasteiger partial charge in [-0.1, -0.05) is 18.2 Å². The monoisotopic (exact) mass is 259 g/mol. The Bertz CT molecular complexity index is 441. The molecule has 4 heteroatoms. The Morgan fingerprint density at radius 3 is 2.68 bits per heavy atom. The summed E-state index contributed by atoms with van der Waals surface area (Å²) in [6.45, 7) is 0. The van der Waals surface area contributed by atoms with Gasteiger partial charge in [-0.2, -0.15) is 0 Å². The Morgan fingerprint density at radius 2 is 1.95 bits per heavy atom. The van der Waals surface area contributed by atoms with Crippen molar-refractivity contribution in [2.24, 2.45) is 5.73 Å². The minimum absolute atomic E-state index is 0.118. The maximum absolute atomic E-state index is 12.3. The Labute approximate surface area is 113 Å². The van der Waals surface area contributed by atoms with Crippen LogP contribution in [-0.4, -0.2) is 24.0 Å². The van der Waals surface area contributed by atoms with Gasteiger partial charge < -0.3 is 16.4 Å². The number of fused-ring (bicyclic) bond motifs is 1. The van der Waals surface area contributed by atoms with Crippen molar-refractivity contribution in [3.8, 4) is 0 Å². The van der Waals surface area contributed by atoms with Crippen molar-refractivity contribution in [2.45, 2.75) is 50.2 Å². The van der Waals surface area contributed by atoms with Crippen molar-refractivity contribution in [1.82, 2.24) is 5.32 Å². The largest absolute Gasteiger partial charge is 0.373 e. The lowest BCUT2D eigenvalue weighted by Crippen LogP contribution is -2.46. The maximum atomic E-state index is 12.3. The second-order valence-corrected chi connectivity index (χ2v) is 5.68. The number of anilines is 1. The summed E-state index contributed by atoms with van der Waals surface area (Å²) < 4.78 is 0. The van der Waals surface area contributed by atoms with Crippen LogP contribution in [0.2, 0.25) is 0 Å². The van der Waals surface area contributed by atoms with Crippen LogP contribution >= 0.6 is 0 Å². The number of carbonyl (C=O) groups is 1. The fourth-order valence-corrected chi connectivity index (χ4v) is 3.02. The second kappa shape index (κ2) is 5.21. The van der Waals surface area contributed by atoms with E-state index in [1.165, 1.54) is 5.56 Å². The summed E-state index contributed by atoms with van der Waals surface area (Å²) in [6.07, 6.45) is 4.83. The van der Waals surface area contributed by atoms with E-state index < -0.39 is 0 Å². The molecule has 0 saturated heterocycles. The summed E-state index contributed by atoms with van der Waals surface area (Å²) in [5.74, 6) is 0.122. The summed E-state index contributed by atoms with van der Waals surface area (Å²) in [4.78, 5) is 12.3. The van der Waals surface area contributed by atoms with Gasteiger partial charge in [0.05, 0.1) is 0 Å². The van der Waals surface area contributed by atoms with Crippen molar-refractivity contribution in [3.05, 3.63) is 29.8 Å². The highest BCUT2D eigenvalue weighted by Crippen LogP contribution is 2.25. The maximum Gasteiger partial charge on any atom is 0.243 e. The van der Waals surface area contributed by atoms with Crippen LogP contribution in [0, 0.1) is 0 Å². The van der Waals surface area contributed by atoms with Crippen LogP contribution in [0.3, 0.4) is 0 Å². The number of amides is 1. The van der Waals surface area contributed by atoms with Crippen LogP contribution < -0.4 is 16.4 Å². The second-order valence-electron chi connectivity index (χ2n) is 5.68. The molecule has 1 saturated carbocycles. The van der Waals surface area contributed by atoms with Gasteiger partial charge in [-0.3, -0.25) is 4.79 Å². The molecule has 2 aliphatic rings. The van der Waals surface area contributed by atoms with Crippen LogP contribution in [0.15, 0.2) is 24.3 Å². The highest BCUT2D eigenvalue weighted by molar-refractivity contribution is 5.87. The van der Waals surface area contributed by atoms with Crippen LogP contribution in [0.25, 0.3) is 0 Å². The Kier molecular flexibility index (Phi) is 3.42. The van der Waals surface area contributed by atoms with Crippen molar-refractivity contribution < 1.29 is 4.79 Å². The van der Waals surface area contributed by atoms with Crippen LogP contribution in [0.1, 0.15) is 31.2 Å². The standard InChI is InChI=1S/C15H21N3O/c16-11-5-7-12(8-6-11)17-15(19)14-9-10-3-1-2-4-13(10)18-14/h1-4,11-12,14,18H,5-9,16H2,(H,17,19). The van der Waals surface area contributed by atoms with E-state index in [0.717, 1.165) is 37.8 Å². The molecule has 4 N–H and O–H groups in total. The van der Waals surface area contributed by atoms with Gasteiger partial charge in [0, 0.05) is 24.2 Å². The third-order valence-corrected chi connectivity index (χ3v) is 4.21. The average Bonchev–Trinajstić information content (AvgIpc) is 2.85. The van der Waals surface area contributed by atoms with Gasteiger partial charge in [0.15, 0.2) is 0 Å². The third kappa shape index (κ3) is 2.73. The molecule has 0 aromatic heterocycles. The van der Waals surface area contributed by atoms with Gasteiger partial charge >= 0.3 is 0 Å². The molecule has 1 atom stereocenters. The first-order valence-electron chi connectivity index (χ1n) is 7.13. The molecule has 19 heavy (non-hydrogen) atoms. The lowest BCUT2D eigenvalue weighted by molar-refractivity contribution is -0.122. The van der Waals surface area contributed by atoms with Gasteiger partial charge in [-0.05, 0) is 37.3 Å². The van der Waals surface area contributed by atoms with Gasteiger partial charge in [0.25, 0.3) is 0 Å². The molecule has 1 aromatic carbocycles. The lowest BCUT2D eigenvalue weighted by Gasteiger charge is -2.27. The number of hydrogen-bond acceptors (Lipinski definition) is 3. The first-order valence-corrected chi connectivity index (χ1v) is 7.13. The van der Waals surface area contributed by atoms with E-state index in [4.69, 9.17) is 5.73 Å². The molecular weight excluding hydrogens is 238 g/mol. The molecule has 4 nitrogen and oxygen atoms in total. The number of nitrogens with two attached hydrogens (primary N) is 1. The van der Waals surface area contributed by atoms with E-state index in [0.29, 0.717) is 12.1 Å². The number of carbonyl (C=O) groups excluding carboxylic acids is 1. The number of nitrogens with one attached hydrogen (secondary N) is 2. The Morgan fingerprint density at radius 1 is 1.21 bits per heavy atom.